The first-order valence-corrected chi connectivity index (χ1v) is 7.45. The molecule has 0 saturated carbocycles. The molecule has 0 amide bonds. The molecule has 0 aliphatic heterocycles. The molecule has 0 fully saturated rings. The molecule has 0 radical (unpaired) electrons. The molecule has 3 rings (SSSR count). The summed E-state index contributed by atoms with van der Waals surface area (Å²) in [7, 11) is 4.87. The van der Waals surface area contributed by atoms with Gasteiger partial charge in [0.1, 0.15) is 28.6 Å². The van der Waals surface area contributed by atoms with Crippen LogP contribution in [0.4, 0.5) is 0 Å². The highest BCUT2D eigenvalue weighted by atomic mass is 79.9. The third-order valence-corrected chi connectivity index (χ3v) is 4.28. The third kappa shape index (κ3) is 2.52. The summed E-state index contributed by atoms with van der Waals surface area (Å²) in [6.45, 7) is 0. The second kappa shape index (κ2) is 5.93. The van der Waals surface area contributed by atoms with Crippen LogP contribution in [0.3, 0.4) is 0 Å². The molecule has 0 atom stereocenters. The second-order valence-electron chi connectivity index (χ2n) is 4.71. The van der Waals surface area contributed by atoms with Gasteiger partial charge in [-0.25, -0.2) is 0 Å². The summed E-state index contributed by atoms with van der Waals surface area (Å²) in [6, 6.07) is 11.4. The quantitative estimate of drug-likeness (QED) is 0.662. The number of ether oxygens (including phenoxy) is 3. The zero-order valence-electron chi connectivity index (χ0n) is 12.5. The fraction of sp³-hybridized carbons (Fsp3) is 0.176. The Labute approximate surface area is 136 Å². The van der Waals surface area contributed by atoms with Gasteiger partial charge in [0.2, 0.25) is 0 Å². The van der Waals surface area contributed by atoms with Crippen molar-refractivity contribution in [2.45, 2.75) is 0 Å². The predicted octanol–water partition coefficient (Wildman–Crippen LogP) is 4.89. The predicted molar refractivity (Wildman–Crippen MR) is 89.0 cm³/mol. The van der Waals surface area contributed by atoms with Crippen molar-refractivity contribution in [1.82, 2.24) is 0 Å². The highest BCUT2D eigenvalue weighted by Gasteiger charge is 2.15. The Bertz CT molecular complexity index is 823. The maximum absolute atomic E-state index is 5.96. The zero-order valence-corrected chi connectivity index (χ0v) is 14.1. The van der Waals surface area contributed by atoms with E-state index in [2.05, 4.69) is 15.9 Å². The maximum Gasteiger partial charge on any atom is 0.138 e. The number of benzene rings is 2. The van der Waals surface area contributed by atoms with Gasteiger partial charge in [-0.1, -0.05) is 0 Å². The maximum atomic E-state index is 5.96. The number of furan rings is 1. The van der Waals surface area contributed by atoms with E-state index in [9.17, 15) is 0 Å². The average Bonchev–Trinajstić information content (AvgIpc) is 2.97. The first kappa shape index (κ1) is 14.8. The number of fused-ring (bicyclic) bond motifs is 1. The van der Waals surface area contributed by atoms with Crippen LogP contribution in [0.25, 0.3) is 22.3 Å². The minimum Gasteiger partial charge on any atom is -0.497 e. The standard InChI is InChI=1S/C17H15BrO4/c1-19-11-5-4-10-6-15(22-14(10)8-11)13-7-12(20-2)9-16(21-3)17(13)18/h4-9H,1-3H3. The van der Waals surface area contributed by atoms with Crippen molar-refractivity contribution in [2.24, 2.45) is 0 Å². The average molecular weight is 363 g/mol. The molecule has 1 aromatic heterocycles. The molecule has 22 heavy (non-hydrogen) atoms. The monoisotopic (exact) mass is 362 g/mol. The fourth-order valence-corrected chi connectivity index (χ4v) is 2.88. The Morgan fingerprint density at radius 3 is 2.32 bits per heavy atom. The molecule has 0 unspecified atom stereocenters. The normalized spacial score (nSPS) is 10.7. The van der Waals surface area contributed by atoms with Gasteiger partial charge < -0.3 is 18.6 Å². The molecule has 4 nitrogen and oxygen atoms in total. The molecule has 0 aliphatic rings. The van der Waals surface area contributed by atoms with Gasteiger partial charge in [0.05, 0.1) is 25.8 Å². The lowest BCUT2D eigenvalue weighted by Crippen LogP contribution is -1.90. The summed E-state index contributed by atoms with van der Waals surface area (Å²) in [5.74, 6) is 2.88. The first-order valence-electron chi connectivity index (χ1n) is 6.65. The minimum absolute atomic E-state index is 0.687. The van der Waals surface area contributed by atoms with E-state index < -0.39 is 0 Å². The lowest BCUT2D eigenvalue weighted by Gasteiger charge is -2.10. The summed E-state index contributed by atoms with van der Waals surface area (Å²) in [4.78, 5) is 0. The van der Waals surface area contributed by atoms with Crippen molar-refractivity contribution in [2.75, 3.05) is 21.3 Å². The Balaban J connectivity index is 2.18. The second-order valence-corrected chi connectivity index (χ2v) is 5.50. The summed E-state index contributed by atoms with van der Waals surface area (Å²) in [6.07, 6.45) is 0. The Morgan fingerprint density at radius 1 is 0.864 bits per heavy atom. The topological polar surface area (TPSA) is 40.8 Å². The zero-order chi connectivity index (χ0) is 15.7. The fourth-order valence-electron chi connectivity index (χ4n) is 2.29. The van der Waals surface area contributed by atoms with Crippen molar-refractivity contribution >= 4 is 26.9 Å². The van der Waals surface area contributed by atoms with Gasteiger partial charge >= 0.3 is 0 Å². The molecule has 0 bridgehead atoms. The van der Waals surface area contributed by atoms with Crippen LogP contribution in [0.1, 0.15) is 0 Å². The van der Waals surface area contributed by atoms with Gasteiger partial charge in [-0.2, -0.15) is 0 Å². The lowest BCUT2D eigenvalue weighted by molar-refractivity contribution is 0.392. The van der Waals surface area contributed by atoms with Crippen LogP contribution in [0.5, 0.6) is 17.2 Å². The molecular weight excluding hydrogens is 348 g/mol. The number of methoxy groups -OCH3 is 3. The van der Waals surface area contributed by atoms with Gasteiger partial charge in [0.15, 0.2) is 0 Å². The number of halogens is 1. The summed E-state index contributed by atoms with van der Waals surface area (Å²) < 4.78 is 22.7. The molecule has 3 aromatic rings. The van der Waals surface area contributed by atoms with E-state index in [1.165, 1.54) is 0 Å². The summed E-state index contributed by atoms with van der Waals surface area (Å²) >= 11 is 3.56. The lowest BCUT2D eigenvalue weighted by atomic mass is 10.1. The number of hydrogen-bond donors (Lipinski definition) is 0. The van der Waals surface area contributed by atoms with Crippen molar-refractivity contribution in [1.29, 1.82) is 0 Å². The van der Waals surface area contributed by atoms with E-state index >= 15 is 0 Å². The van der Waals surface area contributed by atoms with Crippen LogP contribution < -0.4 is 14.2 Å². The molecule has 5 heteroatoms. The van der Waals surface area contributed by atoms with E-state index in [-0.39, 0.29) is 0 Å². The molecule has 1 heterocycles. The van der Waals surface area contributed by atoms with E-state index in [4.69, 9.17) is 18.6 Å². The largest absolute Gasteiger partial charge is 0.497 e. The van der Waals surface area contributed by atoms with Crippen LogP contribution in [0.2, 0.25) is 0 Å². The molecule has 114 valence electrons. The van der Waals surface area contributed by atoms with Crippen LogP contribution >= 0.6 is 15.9 Å². The van der Waals surface area contributed by atoms with Crippen LogP contribution in [0.15, 0.2) is 45.3 Å². The molecule has 2 aromatic carbocycles. The molecule has 0 spiro atoms. The van der Waals surface area contributed by atoms with Gasteiger partial charge in [-0.05, 0) is 40.2 Å². The SMILES string of the molecule is COc1cc(OC)c(Br)c(-c2cc3ccc(OC)cc3o2)c1. The first-order chi connectivity index (χ1) is 10.7. The molecule has 0 aliphatic carbocycles. The Morgan fingerprint density at radius 2 is 1.64 bits per heavy atom. The third-order valence-electron chi connectivity index (χ3n) is 3.46. The highest BCUT2D eigenvalue weighted by Crippen LogP contribution is 2.41. The minimum atomic E-state index is 0.687. The van der Waals surface area contributed by atoms with Crippen molar-refractivity contribution in [3.8, 4) is 28.6 Å². The number of hydrogen-bond acceptors (Lipinski definition) is 4. The van der Waals surface area contributed by atoms with Gasteiger partial charge in [-0.15, -0.1) is 0 Å². The van der Waals surface area contributed by atoms with Gasteiger partial charge in [0, 0.05) is 23.1 Å². The highest BCUT2D eigenvalue weighted by molar-refractivity contribution is 9.10. The van der Waals surface area contributed by atoms with Gasteiger partial charge in [0.25, 0.3) is 0 Å². The van der Waals surface area contributed by atoms with Crippen molar-refractivity contribution in [3.05, 3.63) is 40.9 Å². The van der Waals surface area contributed by atoms with E-state index in [0.717, 1.165) is 32.5 Å². The van der Waals surface area contributed by atoms with E-state index in [0.29, 0.717) is 11.5 Å². The van der Waals surface area contributed by atoms with E-state index in [1.54, 1.807) is 21.3 Å². The summed E-state index contributed by atoms with van der Waals surface area (Å²) in [5.41, 5.74) is 1.63. The van der Waals surface area contributed by atoms with Gasteiger partial charge in [-0.3, -0.25) is 0 Å². The smallest absolute Gasteiger partial charge is 0.138 e. The van der Waals surface area contributed by atoms with E-state index in [1.807, 2.05) is 36.4 Å². The Hall–Kier alpha value is -2.14. The van der Waals surface area contributed by atoms with Crippen LogP contribution in [-0.2, 0) is 0 Å². The number of rotatable bonds is 4. The van der Waals surface area contributed by atoms with Crippen LogP contribution in [0, 0.1) is 0 Å². The Kier molecular flexibility index (Phi) is 3.98. The van der Waals surface area contributed by atoms with Crippen molar-refractivity contribution in [3.63, 3.8) is 0 Å². The molecule has 0 N–H and O–H groups in total. The molecule has 0 saturated heterocycles. The van der Waals surface area contributed by atoms with Crippen molar-refractivity contribution < 1.29 is 18.6 Å². The molecular formula is C17H15BrO4. The van der Waals surface area contributed by atoms with Crippen LogP contribution in [-0.4, -0.2) is 21.3 Å². The summed E-state index contributed by atoms with van der Waals surface area (Å²) in [5, 5.41) is 1.00.